The SMILES string of the molecule is O=C(C=Cc1ccc(O)c(O)c1)O[C@@H]1[C@@H](O)[C@H](CO)O[C@@H](OCCc2ccc(O)c(O)c2)[C@H]1O[C@H]1OC[C@@](O)(CO)[C@@H]1O. The van der Waals surface area contributed by atoms with Crippen LogP contribution >= 0.6 is 0 Å². The molecule has 0 unspecified atom stereocenters. The van der Waals surface area contributed by atoms with Crippen molar-refractivity contribution >= 4 is 12.0 Å². The minimum atomic E-state index is -2.06. The molecule has 0 radical (unpaired) electrons. The second-order valence-electron chi connectivity index (χ2n) is 10.1. The maximum atomic E-state index is 12.8. The van der Waals surface area contributed by atoms with Crippen LogP contribution in [-0.4, -0.2) is 127 Å². The zero-order chi connectivity index (χ0) is 31.3. The van der Waals surface area contributed by atoms with Gasteiger partial charge in [-0.3, -0.25) is 0 Å². The maximum Gasteiger partial charge on any atom is 0.331 e. The Hall–Kier alpha value is -3.51. The molecule has 2 aliphatic heterocycles. The van der Waals surface area contributed by atoms with Crippen LogP contribution in [0.25, 0.3) is 6.08 Å². The van der Waals surface area contributed by atoms with Crippen LogP contribution in [0.15, 0.2) is 42.5 Å². The van der Waals surface area contributed by atoms with Gasteiger partial charge in [0.2, 0.25) is 0 Å². The second-order valence-corrected chi connectivity index (χ2v) is 10.1. The Morgan fingerprint density at radius 1 is 0.953 bits per heavy atom. The summed E-state index contributed by atoms with van der Waals surface area (Å²) in [6.45, 7) is -2.18. The number of carbonyl (C=O) groups is 1. The number of esters is 1. The Morgan fingerprint density at radius 3 is 2.28 bits per heavy atom. The molecule has 9 N–H and O–H groups in total. The summed E-state index contributed by atoms with van der Waals surface area (Å²) in [5.41, 5.74) is -1.17. The molecule has 0 amide bonds. The van der Waals surface area contributed by atoms with Gasteiger partial charge in [0.25, 0.3) is 0 Å². The number of hydrogen-bond acceptors (Lipinski definition) is 15. The number of phenolic OH excluding ortho intramolecular Hbond substituents is 4. The summed E-state index contributed by atoms with van der Waals surface area (Å²) in [7, 11) is 0. The number of aromatic hydroxyl groups is 4. The predicted octanol–water partition coefficient (Wildman–Crippen LogP) is -1.40. The molecule has 2 saturated heterocycles. The molecule has 2 aromatic rings. The lowest BCUT2D eigenvalue weighted by molar-refractivity contribution is -0.336. The first-order chi connectivity index (χ1) is 20.4. The van der Waals surface area contributed by atoms with E-state index in [9.17, 15) is 50.8 Å². The highest BCUT2D eigenvalue weighted by atomic mass is 16.8. The van der Waals surface area contributed by atoms with Gasteiger partial charge in [-0.15, -0.1) is 0 Å². The summed E-state index contributed by atoms with van der Waals surface area (Å²) in [6, 6.07) is 7.95. The largest absolute Gasteiger partial charge is 0.504 e. The zero-order valence-electron chi connectivity index (χ0n) is 22.7. The van der Waals surface area contributed by atoms with Crippen molar-refractivity contribution in [2.75, 3.05) is 26.4 Å². The van der Waals surface area contributed by atoms with E-state index in [1.54, 1.807) is 0 Å². The number of rotatable bonds is 11. The standard InChI is InChI=1S/C28H34O15/c29-11-20-22(36)23(42-21(35)6-3-14-1-4-16(31)18(33)9-14)24(43-27-25(37)28(38,12-30)13-40-27)26(41-20)39-8-7-15-2-5-17(32)19(34)10-15/h1-6,9-10,20,22-27,29-34,36-38H,7-8,11-13H2/t20-,22-,23+,24-,25+,26+,27+,28-/m0/s1. The Balaban J connectivity index is 1.55. The van der Waals surface area contributed by atoms with Gasteiger partial charge in [-0.1, -0.05) is 12.1 Å². The van der Waals surface area contributed by atoms with Crippen molar-refractivity contribution in [1.82, 2.24) is 0 Å². The molecular weight excluding hydrogens is 576 g/mol. The van der Waals surface area contributed by atoms with Gasteiger partial charge >= 0.3 is 5.97 Å². The molecule has 2 aliphatic rings. The molecular formula is C28H34O15. The summed E-state index contributed by atoms with van der Waals surface area (Å²) in [5, 5.41) is 89.6. The molecule has 236 valence electrons. The topological polar surface area (TPSA) is 245 Å². The average Bonchev–Trinajstić information content (AvgIpc) is 3.27. The Kier molecular flexibility index (Phi) is 10.4. The minimum absolute atomic E-state index is 0.0947. The van der Waals surface area contributed by atoms with Crippen LogP contribution in [-0.2, 0) is 34.9 Å². The second kappa shape index (κ2) is 13.9. The number of aliphatic hydroxyl groups is 5. The van der Waals surface area contributed by atoms with E-state index in [2.05, 4.69) is 0 Å². The Morgan fingerprint density at radius 2 is 1.65 bits per heavy atom. The minimum Gasteiger partial charge on any atom is -0.504 e. The Bertz CT molecular complexity index is 1280. The van der Waals surface area contributed by atoms with E-state index in [1.807, 2.05) is 0 Å². The van der Waals surface area contributed by atoms with Gasteiger partial charge < -0.3 is 69.6 Å². The number of phenols is 4. The van der Waals surface area contributed by atoms with Crippen LogP contribution in [0.4, 0.5) is 0 Å². The first kappa shape index (κ1) is 32.4. The van der Waals surface area contributed by atoms with E-state index < -0.39 is 80.2 Å². The molecule has 2 fully saturated rings. The zero-order valence-corrected chi connectivity index (χ0v) is 22.7. The fourth-order valence-electron chi connectivity index (χ4n) is 4.52. The number of benzene rings is 2. The van der Waals surface area contributed by atoms with Gasteiger partial charge in [-0.25, -0.2) is 4.79 Å². The van der Waals surface area contributed by atoms with E-state index >= 15 is 0 Å². The van der Waals surface area contributed by atoms with E-state index in [0.29, 0.717) is 11.1 Å². The van der Waals surface area contributed by atoms with E-state index in [-0.39, 0.29) is 30.3 Å². The third kappa shape index (κ3) is 7.53. The third-order valence-electron chi connectivity index (χ3n) is 7.05. The van der Waals surface area contributed by atoms with Crippen LogP contribution in [0.3, 0.4) is 0 Å². The highest BCUT2D eigenvalue weighted by Crippen LogP contribution is 2.33. The lowest BCUT2D eigenvalue weighted by atomic mass is 9.97. The van der Waals surface area contributed by atoms with Gasteiger partial charge in [0.05, 0.1) is 26.4 Å². The molecule has 0 saturated carbocycles. The molecule has 2 heterocycles. The molecule has 4 rings (SSSR count). The fourth-order valence-corrected chi connectivity index (χ4v) is 4.52. The molecule has 15 nitrogen and oxygen atoms in total. The maximum absolute atomic E-state index is 12.8. The van der Waals surface area contributed by atoms with Crippen LogP contribution < -0.4 is 0 Å². The third-order valence-corrected chi connectivity index (χ3v) is 7.05. The van der Waals surface area contributed by atoms with E-state index in [4.69, 9.17) is 23.7 Å². The first-order valence-electron chi connectivity index (χ1n) is 13.2. The van der Waals surface area contributed by atoms with Gasteiger partial charge in [0, 0.05) is 6.08 Å². The van der Waals surface area contributed by atoms with Crippen molar-refractivity contribution in [2.45, 2.75) is 55.1 Å². The van der Waals surface area contributed by atoms with Crippen molar-refractivity contribution in [3.05, 3.63) is 53.6 Å². The van der Waals surface area contributed by atoms with Crippen molar-refractivity contribution < 1.29 is 74.4 Å². The van der Waals surface area contributed by atoms with Gasteiger partial charge in [0.1, 0.15) is 23.9 Å². The summed E-state index contributed by atoms with van der Waals surface area (Å²) in [6.07, 6.45) is -8.45. The quantitative estimate of drug-likeness (QED) is 0.0806. The summed E-state index contributed by atoms with van der Waals surface area (Å²) in [5.74, 6) is -2.44. The fraction of sp³-hybridized carbons (Fsp3) is 0.464. The lowest BCUT2D eigenvalue weighted by Crippen LogP contribution is -2.62. The van der Waals surface area contributed by atoms with Crippen LogP contribution in [0, 0.1) is 0 Å². The Labute approximate surface area is 245 Å². The van der Waals surface area contributed by atoms with Crippen molar-refractivity contribution in [3.8, 4) is 23.0 Å². The molecule has 8 atom stereocenters. The van der Waals surface area contributed by atoms with Crippen LogP contribution in [0.2, 0.25) is 0 Å². The lowest BCUT2D eigenvalue weighted by Gasteiger charge is -2.44. The van der Waals surface area contributed by atoms with Crippen molar-refractivity contribution in [3.63, 3.8) is 0 Å². The number of ether oxygens (including phenoxy) is 5. The molecule has 0 aliphatic carbocycles. The molecule has 0 aromatic heterocycles. The van der Waals surface area contributed by atoms with Gasteiger partial charge in [-0.2, -0.15) is 0 Å². The van der Waals surface area contributed by atoms with Gasteiger partial charge in [-0.05, 0) is 47.9 Å². The molecule has 43 heavy (non-hydrogen) atoms. The highest BCUT2D eigenvalue weighted by Gasteiger charge is 2.54. The normalized spacial score (nSPS) is 31.0. The van der Waals surface area contributed by atoms with E-state index in [1.165, 1.54) is 42.5 Å². The molecule has 0 bridgehead atoms. The van der Waals surface area contributed by atoms with Crippen molar-refractivity contribution in [1.29, 1.82) is 0 Å². The molecule has 15 heteroatoms. The predicted molar refractivity (Wildman–Crippen MR) is 143 cm³/mol. The first-order valence-corrected chi connectivity index (χ1v) is 13.2. The number of aliphatic hydroxyl groups excluding tert-OH is 4. The molecule has 0 spiro atoms. The number of carbonyl (C=O) groups excluding carboxylic acids is 1. The van der Waals surface area contributed by atoms with Crippen LogP contribution in [0.5, 0.6) is 23.0 Å². The van der Waals surface area contributed by atoms with Crippen molar-refractivity contribution in [2.24, 2.45) is 0 Å². The highest BCUT2D eigenvalue weighted by molar-refractivity contribution is 5.87. The average molecular weight is 611 g/mol. The van der Waals surface area contributed by atoms with Gasteiger partial charge in [0.15, 0.2) is 47.8 Å². The smallest absolute Gasteiger partial charge is 0.331 e. The summed E-state index contributed by atoms with van der Waals surface area (Å²) >= 11 is 0. The van der Waals surface area contributed by atoms with Crippen LogP contribution in [0.1, 0.15) is 11.1 Å². The monoisotopic (exact) mass is 610 g/mol. The molecule has 2 aromatic carbocycles. The van der Waals surface area contributed by atoms with E-state index in [0.717, 1.165) is 6.08 Å². The summed E-state index contributed by atoms with van der Waals surface area (Å²) in [4.78, 5) is 12.8. The number of hydrogen-bond donors (Lipinski definition) is 9. The summed E-state index contributed by atoms with van der Waals surface area (Å²) < 4.78 is 28.1.